The summed E-state index contributed by atoms with van der Waals surface area (Å²) in [5.41, 5.74) is 0.632. The minimum absolute atomic E-state index is 0.0758. The quantitative estimate of drug-likeness (QED) is 0.927. The van der Waals surface area contributed by atoms with Gasteiger partial charge in [-0.1, -0.05) is 17.3 Å². The normalized spacial score (nSPS) is 18.1. The molecule has 0 amide bonds. The lowest BCUT2D eigenvalue weighted by molar-refractivity contribution is 0.154. The number of nitrogens with one attached hydrogen (secondary N) is 1. The third-order valence-electron chi connectivity index (χ3n) is 3.58. The monoisotopic (exact) mass is 276 g/mol. The van der Waals surface area contributed by atoms with Crippen molar-refractivity contribution in [3.8, 4) is 11.4 Å². The smallest absolute Gasteiger partial charge is 0.244 e. The molecular formula is C14H17FN4O. The van der Waals surface area contributed by atoms with E-state index in [1.165, 1.54) is 12.1 Å². The van der Waals surface area contributed by atoms with Gasteiger partial charge in [-0.3, -0.25) is 4.90 Å². The SMILES string of the molecule is CC(c1nc(-c2cccc(F)c2)no1)N1CCNCC1. The summed E-state index contributed by atoms with van der Waals surface area (Å²) in [6, 6.07) is 6.29. The molecule has 1 fully saturated rings. The van der Waals surface area contributed by atoms with E-state index >= 15 is 0 Å². The molecule has 0 aliphatic carbocycles. The maximum Gasteiger partial charge on any atom is 0.244 e. The highest BCUT2D eigenvalue weighted by atomic mass is 19.1. The molecule has 0 bridgehead atoms. The van der Waals surface area contributed by atoms with Crippen molar-refractivity contribution in [3.63, 3.8) is 0 Å². The highest BCUT2D eigenvalue weighted by Gasteiger charge is 2.23. The van der Waals surface area contributed by atoms with Crippen LogP contribution in [0.2, 0.25) is 0 Å². The van der Waals surface area contributed by atoms with E-state index in [4.69, 9.17) is 4.52 Å². The summed E-state index contributed by atoms with van der Waals surface area (Å²) in [4.78, 5) is 6.68. The Morgan fingerprint density at radius 1 is 1.35 bits per heavy atom. The first kappa shape index (κ1) is 13.2. The first-order valence-corrected chi connectivity index (χ1v) is 6.78. The predicted molar refractivity (Wildman–Crippen MR) is 72.5 cm³/mol. The van der Waals surface area contributed by atoms with E-state index in [-0.39, 0.29) is 11.9 Å². The summed E-state index contributed by atoms with van der Waals surface area (Å²) in [6.45, 7) is 5.90. The fraction of sp³-hybridized carbons (Fsp3) is 0.429. The zero-order chi connectivity index (χ0) is 13.9. The third kappa shape index (κ3) is 2.71. The summed E-state index contributed by atoms with van der Waals surface area (Å²) in [7, 11) is 0. The molecule has 106 valence electrons. The van der Waals surface area contributed by atoms with E-state index in [2.05, 4.69) is 20.4 Å². The second kappa shape index (κ2) is 5.68. The van der Waals surface area contributed by atoms with Crippen LogP contribution in [0.1, 0.15) is 18.9 Å². The van der Waals surface area contributed by atoms with Gasteiger partial charge in [0.15, 0.2) is 0 Å². The number of hydrogen-bond donors (Lipinski definition) is 1. The minimum Gasteiger partial charge on any atom is -0.337 e. The number of piperazine rings is 1. The fourth-order valence-corrected chi connectivity index (χ4v) is 2.38. The molecule has 1 aliphatic heterocycles. The molecular weight excluding hydrogens is 259 g/mol. The van der Waals surface area contributed by atoms with Crippen LogP contribution < -0.4 is 5.32 Å². The standard InChI is InChI=1S/C14H17FN4O/c1-10(19-7-5-16-6-8-19)14-17-13(18-20-14)11-3-2-4-12(15)9-11/h2-4,9-10,16H,5-8H2,1H3. The number of halogens is 1. The van der Waals surface area contributed by atoms with Crippen molar-refractivity contribution in [1.29, 1.82) is 0 Å². The lowest BCUT2D eigenvalue weighted by Gasteiger charge is -2.30. The third-order valence-corrected chi connectivity index (χ3v) is 3.58. The Bertz CT molecular complexity index is 580. The van der Waals surface area contributed by atoms with Gasteiger partial charge in [-0.05, 0) is 19.1 Å². The van der Waals surface area contributed by atoms with E-state index < -0.39 is 0 Å². The molecule has 5 nitrogen and oxygen atoms in total. The lowest BCUT2D eigenvalue weighted by atomic mass is 10.2. The highest BCUT2D eigenvalue weighted by Crippen LogP contribution is 2.22. The molecule has 20 heavy (non-hydrogen) atoms. The molecule has 1 N–H and O–H groups in total. The van der Waals surface area contributed by atoms with E-state index in [1.807, 2.05) is 6.92 Å². The first-order chi connectivity index (χ1) is 9.74. The van der Waals surface area contributed by atoms with Crippen molar-refractivity contribution in [2.75, 3.05) is 26.2 Å². The number of benzene rings is 1. The summed E-state index contributed by atoms with van der Waals surface area (Å²) < 4.78 is 18.5. The molecule has 0 saturated carbocycles. The Morgan fingerprint density at radius 3 is 2.90 bits per heavy atom. The summed E-state index contributed by atoms with van der Waals surface area (Å²) >= 11 is 0. The zero-order valence-corrected chi connectivity index (χ0v) is 11.3. The molecule has 0 radical (unpaired) electrons. The maximum atomic E-state index is 13.2. The molecule has 1 atom stereocenters. The van der Waals surface area contributed by atoms with Crippen molar-refractivity contribution >= 4 is 0 Å². The molecule has 3 rings (SSSR count). The molecule has 1 aliphatic rings. The van der Waals surface area contributed by atoms with Crippen LogP contribution >= 0.6 is 0 Å². The van der Waals surface area contributed by atoms with Gasteiger partial charge in [0.25, 0.3) is 0 Å². The van der Waals surface area contributed by atoms with Gasteiger partial charge in [-0.25, -0.2) is 4.39 Å². The first-order valence-electron chi connectivity index (χ1n) is 6.78. The van der Waals surface area contributed by atoms with Gasteiger partial charge in [0.2, 0.25) is 11.7 Å². The minimum atomic E-state index is -0.302. The molecule has 2 heterocycles. The number of nitrogens with zero attached hydrogens (tertiary/aromatic N) is 3. The summed E-state index contributed by atoms with van der Waals surface area (Å²) in [5.74, 6) is 0.705. The van der Waals surface area contributed by atoms with Gasteiger partial charge < -0.3 is 9.84 Å². The van der Waals surface area contributed by atoms with E-state index in [0.29, 0.717) is 17.3 Å². The molecule has 1 saturated heterocycles. The van der Waals surface area contributed by atoms with Gasteiger partial charge in [0.1, 0.15) is 5.82 Å². The van der Waals surface area contributed by atoms with Crippen molar-refractivity contribution < 1.29 is 8.91 Å². The van der Waals surface area contributed by atoms with Gasteiger partial charge in [-0.15, -0.1) is 0 Å². The van der Waals surface area contributed by atoms with Crippen molar-refractivity contribution in [1.82, 2.24) is 20.4 Å². The molecule has 2 aromatic rings. The summed E-state index contributed by atoms with van der Waals surface area (Å²) in [6.07, 6.45) is 0. The molecule has 1 unspecified atom stereocenters. The molecule has 6 heteroatoms. The average Bonchev–Trinajstić information content (AvgIpc) is 2.97. The average molecular weight is 276 g/mol. The van der Waals surface area contributed by atoms with E-state index in [9.17, 15) is 4.39 Å². The largest absolute Gasteiger partial charge is 0.337 e. The van der Waals surface area contributed by atoms with Gasteiger partial charge >= 0.3 is 0 Å². The van der Waals surface area contributed by atoms with Crippen LogP contribution in [0, 0.1) is 5.82 Å². The second-order valence-electron chi connectivity index (χ2n) is 4.93. The predicted octanol–water partition coefficient (Wildman–Crippen LogP) is 1.84. The van der Waals surface area contributed by atoms with Gasteiger partial charge in [0.05, 0.1) is 6.04 Å². The summed E-state index contributed by atoms with van der Waals surface area (Å²) in [5, 5.41) is 7.26. The number of hydrogen-bond acceptors (Lipinski definition) is 5. The maximum absolute atomic E-state index is 13.2. The Labute approximate surface area is 116 Å². The molecule has 0 spiro atoms. The Kier molecular flexibility index (Phi) is 3.75. The molecule has 1 aromatic carbocycles. The van der Waals surface area contributed by atoms with Crippen LogP contribution in [0.3, 0.4) is 0 Å². The van der Waals surface area contributed by atoms with Crippen LogP contribution in [0.15, 0.2) is 28.8 Å². The second-order valence-corrected chi connectivity index (χ2v) is 4.93. The van der Waals surface area contributed by atoms with Gasteiger partial charge in [-0.2, -0.15) is 4.98 Å². The van der Waals surface area contributed by atoms with Crippen LogP contribution in [0.4, 0.5) is 4.39 Å². The highest BCUT2D eigenvalue weighted by molar-refractivity contribution is 5.53. The van der Waals surface area contributed by atoms with Crippen molar-refractivity contribution in [3.05, 3.63) is 36.0 Å². The number of aromatic nitrogens is 2. The Balaban J connectivity index is 1.79. The lowest BCUT2D eigenvalue weighted by Crippen LogP contribution is -2.44. The zero-order valence-electron chi connectivity index (χ0n) is 11.3. The molecule has 1 aromatic heterocycles. The van der Waals surface area contributed by atoms with E-state index in [0.717, 1.165) is 26.2 Å². The Morgan fingerprint density at radius 2 is 2.15 bits per heavy atom. The van der Waals surface area contributed by atoms with Gasteiger partial charge in [0, 0.05) is 31.7 Å². The van der Waals surface area contributed by atoms with Crippen molar-refractivity contribution in [2.24, 2.45) is 0 Å². The number of rotatable bonds is 3. The van der Waals surface area contributed by atoms with Crippen LogP contribution in [0.25, 0.3) is 11.4 Å². The van der Waals surface area contributed by atoms with Crippen LogP contribution in [-0.4, -0.2) is 41.2 Å². The van der Waals surface area contributed by atoms with Crippen LogP contribution in [-0.2, 0) is 0 Å². The topological polar surface area (TPSA) is 54.2 Å². The van der Waals surface area contributed by atoms with Crippen molar-refractivity contribution in [2.45, 2.75) is 13.0 Å². The fourth-order valence-electron chi connectivity index (χ4n) is 2.38. The Hall–Kier alpha value is -1.79. The van der Waals surface area contributed by atoms with Crippen LogP contribution in [0.5, 0.6) is 0 Å². The van der Waals surface area contributed by atoms with E-state index in [1.54, 1.807) is 12.1 Å².